The molecule has 0 aromatic carbocycles. The van der Waals surface area contributed by atoms with Crippen LogP contribution in [0.1, 0.15) is 0 Å². The lowest BCUT2D eigenvalue weighted by Crippen LogP contribution is -2.57. The summed E-state index contributed by atoms with van der Waals surface area (Å²) in [7, 11) is 0. The Morgan fingerprint density at radius 3 is 1.57 bits per heavy atom. The summed E-state index contributed by atoms with van der Waals surface area (Å²) < 4.78 is 95.5. The lowest BCUT2D eigenvalue weighted by molar-refractivity contribution is -0.503. The van der Waals surface area contributed by atoms with Crippen molar-refractivity contribution in [3.05, 3.63) is 0 Å². The van der Waals surface area contributed by atoms with E-state index >= 15 is 0 Å². The van der Waals surface area contributed by atoms with E-state index < -0.39 is 25.0 Å². The van der Waals surface area contributed by atoms with Crippen LogP contribution >= 0.6 is 0 Å². The summed E-state index contributed by atoms with van der Waals surface area (Å²) in [5.74, 6) is -6.04. The van der Waals surface area contributed by atoms with E-state index in [1.54, 1.807) is 0 Å². The Hall–Kier alpha value is -0.640. The van der Waals surface area contributed by atoms with Gasteiger partial charge in [-0.25, -0.2) is 4.39 Å². The quantitative estimate of drug-likeness (QED) is 0.696. The molecule has 14 heavy (non-hydrogen) atoms. The number of rotatable bonds is 4. The Kier molecular flexibility index (Phi) is 3.67. The Bertz CT molecular complexity index is 190. The summed E-state index contributed by atoms with van der Waals surface area (Å²) in [6, 6.07) is 0. The second-order valence-corrected chi connectivity index (χ2v) is 1.94. The highest BCUT2D eigenvalue weighted by Gasteiger charge is 2.76. The minimum absolute atomic E-state index is 1.49. The molecule has 0 aliphatic rings. The summed E-state index contributed by atoms with van der Waals surface area (Å²) >= 11 is 0. The van der Waals surface area contributed by atoms with Gasteiger partial charge in [0.15, 0.2) is 6.86 Å². The highest BCUT2D eigenvalue weighted by molar-refractivity contribution is 4.85. The first-order valence-corrected chi connectivity index (χ1v) is 2.75. The summed E-state index contributed by atoms with van der Waals surface area (Å²) in [4.78, 5) is 1.49. The van der Waals surface area contributed by atoms with Crippen LogP contribution in [0.4, 0.5) is 35.3 Å². The molecular weight excluding hydrogens is 232 g/mol. The molecule has 86 valence electrons. The zero-order valence-electron chi connectivity index (χ0n) is 6.05. The molecule has 1 atom stereocenters. The van der Waals surface area contributed by atoms with Crippen molar-refractivity contribution in [1.29, 1.82) is 0 Å². The number of ether oxygens (including phenoxy) is 1. The normalized spacial score (nSPS) is 18.0. The van der Waals surface area contributed by atoms with Crippen LogP contribution in [0.15, 0.2) is 0 Å². The van der Waals surface area contributed by atoms with Crippen LogP contribution in [0.5, 0.6) is 0 Å². The number of hydrogen-bond acceptors (Lipinski definition) is 2. The SMILES string of the molecule is FCOC(F)(F)C(F)(OF)C(F)(F)F. The summed E-state index contributed by atoms with van der Waals surface area (Å²) in [6.07, 6.45) is -12.2. The molecule has 0 spiro atoms. The first-order chi connectivity index (χ1) is 6.12. The minimum atomic E-state index is -6.42. The van der Waals surface area contributed by atoms with Gasteiger partial charge in [-0.05, 0) is 4.53 Å². The van der Waals surface area contributed by atoms with E-state index in [0.29, 0.717) is 0 Å². The molecule has 0 aliphatic heterocycles. The Morgan fingerprint density at radius 1 is 0.929 bits per heavy atom. The Labute approximate surface area is 71.3 Å². The van der Waals surface area contributed by atoms with E-state index in [0.717, 1.165) is 0 Å². The van der Waals surface area contributed by atoms with Gasteiger partial charge in [0, 0.05) is 0 Å². The zero-order chi connectivity index (χ0) is 11.6. The predicted molar refractivity (Wildman–Crippen MR) is 24.1 cm³/mol. The maximum atomic E-state index is 12.2. The third kappa shape index (κ3) is 2.05. The molecule has 0 saturated heterocycles. The topological polar surface area (TPSA) is 18.5 Å². The Morgan fingerprint density at radius 2 is 1.36 bits per heavy atom. The van der Waals surface area contributed by atoms with Gasteiger partial charge in [-0.15, -0.1) is 4.94 Å². The van der Waals surface area contributed by atoms with Crippen molar-refractivity contribution in [3.63, 3.8) is 0 Å². The second-order valence-electron chi connectivity index (χ2n) is 1.94. The lowest BCUT2D eigenvalue weighted by atomic mass is 10.3. The van der Waals surface area contributed by atoms with E-state index in [9.17, 15) is 35.3 Å². The monoisotopic (exact) mass is 234 g/mol. The number of hydrogen-bond donors (Lipinski definition) is 0. The molecule has 10 heteroatoms. The summed E-state index contributed by atoms with van der Waals surface area (Å²) in [5, 5.41) is 0. The first-order valence-electron chi connectivity index (χ1n) is 2.75. The van der Waals surface area contributed by atoms with Crippen molar-refractivity contribution in [1.82, 2.24) is 0 Å². The van der Waals surface area contributed by atoms with Crippen molar-refractivity contribution in [2.75, 3.05) is 6.86 Å². The van der Waals surface area contributed by atoms with Crippen LogP contribution in [0.2, 0.25) is 0 Å². The molecule has 0 radical (unpaired) electrons. The smallest absolute Gasteiger partial charge is 0.284 e. The molecule has 0 rings (SSSR count). The molecule has 0 heterocycles. The molecule has 0 fully saturated rings. The zero-order valence-corrected chi connectivity index (χ0v) is 6.05. The highest BCUT2D eigenvalue weighted by atomic mass is 19.4. The van der Waals surface area contributed by atoms with Gasteiger partial charge in [0.05, 0.1) is 0 Å². The van der Waals surface area contributed by atoms with Gasteiger partial charge in [0.1, 0.15) is 0 Å². The van der Waals surface area contributed by atoms with Gasteiger partial charge < -0.3 is 0 Å². The summed E-state index contributed by atoms with van der Waals surface area (Å²) in [5.41, 5.74) is 0. The molecule has 0 saturated carbocycles. The Balaban J connectivity index is 5.03. The molecule has 0 amide bonds. The number of halogens is 8. The third-order valence-corrected chi connectivity index (χ3v) is 1.08. The maximum absolute atomic E-state index is 12.2. The van der Waals surface area contributed by atoms with E-state index in [-0.39, 0.29) is 0 Å². The van der Waals surface area contributed by atoms with Crippen molar-refractivity contribution in [3.8, 4) is 0 Å². The summed E-state index contributed by atoms with van der Waals surface area (Å²) in [6.45, 7) is -2.45. The maximum Gasteiger partial charge on any atom is 0.461 e. The van der Waals surface area contributed by atoms with Crippen molar-refractivity contribution in [2.45, 2.75) is 18.1 Å². The standard InChI is InChI=1S/C4H2F8O2/c5-1-13-4(10,11)2(6,14-12)3(7,8)9/h1H2. The van der Waals surface area contributed by atoms with Gasteiger partial charge in [-0.1, -0.05) is 0 Å². The average molecular weight is 234 g/mol. The average Bonchev–Trinajstić information content (AvgIpc) is 2.00. The van der Waals surface area contributed by atoms with Gasteiger partial charge in [0.25, 0.3) is 0 Å². The molecule has 0 N–H and O–H groups in total. The largest absolute Gasteiger partial charge is 0.461 e. The fourth-order valence-corrected chi connectivity index (χ4v) is 0.415. The van der Waals surface area contributed by atoms with Crippen molar-refractivity contribution in [2.24, 2.45) is 0 Å². The van der Waals surface area contributed by atoms with Crippen LogP contribution in [0, 0.1) is 0 Å². The van der Waals surface area contributed by atoms with Crippen LogP contribution in [-0.4, -0.2) is 25.0 Å². The van der Waals surface area contributed by atoms with Crippen LogP contribution in [0.3, 0.4) is 0 Å². The fraction of sp³-hybridized carbons (Fsp3) is 1.00. The number of alkyl halides is 7. The van der Waals surface area contributed by atoms with Crippen molar-refractivity contribution >= 4 is 0 Å². The lowest BCUT2D eigenvalue weighted by Gasteiger charge is -2.29. The highest BCUT2D eigenvalue weighted by Crippen LogP contribution is 2.46. The molecule has 1 unspecified atom stereocenters. The van der Waals surface area contributed by atoms with Crippen molar-refractivity contribution < 1.29 is 44.9 Å². The second kappa shape index (κ2) is 3.85. The molecule has 0 aliphatic carbocycles. The fourth-order valence-electron chi connectivity index (χ4n) is 0.415. The first kappa shape index (κ1) is 13.4. The van der Waals surface area contributed by atoms with Crippen LogP contribution < -0.4 is 0 Å². The van der Waals surface area contributed by atoms with Gasteiger partial charge >= 0.3 is 18.1 Å². The van der Waals surface area contributed by atoms with Gasteiger partial charge in [0.2, 0.25) is 0 Å². The molecule has 0 aromatic heterocycles. The van der Waals surface area contributed by atoms with Gasteiger partial charge in [-0.2, -0.15) is 26.3 Å². The minimum Gasteiger partial charge on any atom is -0.284 e. The van der Waals surface area contributed by atoms with Gasteiger partial charge in [-0.3, -0.25) is 4.74 Å². The van der Waals surface area contributed by atoms with Crippen LogP contribution in [-0.2, 0) is 9.68 Å². The third-order valence-electron chi connectivity index (χ3n) is 1.08. The van der Waals surface area contributed by atoms with E-state index in [2.05, 4.69) is 4.74 Å². The van der Waals surface area contributed by atoms with Crippen LogP contribution in [0.25, 0.3) is 0 Å². The molecule has 0 bridgehead atoms. The van der Waals surface area contributed by atoms with E-state index in [1.807, 2.05) is 0 Å². The molecular formula is C4H2F8O2. The van der Waals surface area contributed by atoms with E-state index in [4.69, 9.17) is 0 Å². The molecule has 2 nitrogen and oxygen atoms in total. The predicted octanol–water partition coefficient (Wildman–Crippen LogP) is 2.65. The van der Waals surface area contributed by atoms with E-state index in [1.165, 1.54) is 4.94 Å². The molecule has 0 aromatic rings.